The number of rotatable bonds is 6. The summed E-state index contributed by atoms with van der Waals surface area (Å²) in [6, 6.07) is 10.6. The molecule has 7 nitrogen and oxygen atoms in total. The molecule has 7 heteroatoms. The van der Waals surface area contributed by atoms with Crippen LogP contribution >= 0.6 is 0 Å². The van der Waals surface area contributed by atoms with E-state index < -0.39 is 0 Å². The molecule has 0 bridgehead atoms. The van der Waals surface area contributed by atoms with Gasteiger partial charge >= 0.3 is 0 Å². The van der Waals surface area contributed by atoms with Crippen LogP contribution in [0.25, 0.3) is 0 Å². The molecule has 2 heterocycles. The monoisotopic (exact) mass is 366 g/mol. The van der Waals surface area contributed by atoms with Crippen molar-refractivity contribution in [3.05, 3.63) is 70.9 Å². The lowest BCUT2D eigenvalue weighted by atomic mass is 10.1. The second-order valence-corrected chi connectivity index (χ2v) is 6.35. The van der Waals surface area contributed by atoms with Crippen molar-refractivity contribution >= 4 is 17.5 Å². The number of benzene rings is 1. The van der Waals surface area contributed by atoms with Crippen LogP contribution in [0.3, 0.4) is 0 Å². The lowest BCUT2D eigenvalue weighted by Crippen LogP contribution is -2.25. The van der Waals surface area contributed by atoms with Gasteiger partial charge in [0.1, 0.15) is 0 Å². The summed E-state index contributed by atoms with van der Waals surface area (Å²) in [4.78, 5) is 24.2. The van der Waals surface area contributed by atoms with Crippen molar-refractivity contribution in [2.45, 2.75) is 26.8 Å². The van der Waals surface area contributed by atoms with E-state index in [4.69, 9.17) is 4.42 Å². The van der Waals surface area contributed by atoms with Gasteiger partial charge in [0.25, 0.3) is 5.91 Å². The molecule has 0 atom stereocenters. The van der Waals surface area contributed by atoms with Crippen molar-refractivity contribution in [1.29, 1.82) is 0 Å². The smallest absolute Gasteiger partial charge is 0.291 e. The molecule has 140 valence electrons. The highest BCUT2D eigenvalue weighted by molar-refractivity contribution is 6.02. The molecule has 0 radical (unpaired) electrons. The zero-order valence-electron chi connectivity index (χ0n) is 15.6. The van der Waals surface area contributed by atoms with Crippen molar-refractivity contribution in [2.24, 2.45) is 7.05 Å². The Morgan fingerprint density at radius 2 is 1.89 bits per heavy atom. The maximum absolute atomic E-state index is 12.2. The van der Waals surface area contributed by atoms with Crippen LogP contribution in [0, 0.1) is 13.8 Å². The number of aryl methyl sites for hydroxylation is 2. The highest BCUT2D eigenvalue weighted by atomic mass is 16.3. The van der Waals surface area contributed by atoms with E-state index in [0.717, 1.165) is 22.5 Å². The first-order valence-corrected chi connectivity index (χ1v) is 8.63. The van der Waals surface area contributed by atoms with Crippen LogP contribution in [0.15, 0.2) is 47.1 Å². The third kappa shape index (κ3) is 4.44. The molecule has 0 fully saturated rings. The minimum atomic E-state index is -0.303. The van der Waals surface area contributed by atoms with E-state index in [1.165, 1.54) is 6.26 Å². The van der Waals surface area contributed by atoms with Crippen LogP contribution in [0.1, 0.15) is 33.1 Å². The van der Waals surface area contributed by atoms with Crippen LogP contribution in [-0.2, 0) is 24.8 Å². The van der Waals surface area contributed by atoms with Gasteiger partial charge in [0, 0.05) is 30.5 Å². The molecule has 0 spiro atoms. The molecule has 2 N–H and O–H groups in total. The van der Waals surface area contributed by atoms with Gasteiger partial charge in [0.2, 0.25) is 5.91 Å². The molecule has 3 aromatic rings. The van der Waals surface area contributed by atoms with E-state index >= 15 is 0 Å². The predicted octanol–water partition coefficient (Wildman–Crippen LogP) is 2.74. The summed E-state index contributed by atoms with van der Waals surface area (Å²) in [5.74, 6) is -0.0972. The Labute approximate surface area is 157 Å². The third-order valence-corrected chi connectivity index (χ3v) is 4.44. The van der Waals surface area contributed by atoms with Gasteiger partial charge in [-0.1, -0.05) is 12.1 Å². The number of anilines is 1. The second-order valence-electron chi connectivity index (χ2n) is 6.35. The Morgan fingerprint density at radius 3 is 2.48 bits per heavy atom. The molecule has 0 aliphatic rings. The second kappa shape index (κ2) is 7.90. The Bertz CT molecular complexity index is 941. The van der Waals surface area contributed by atoms with E-state index in [2.05, 4.69) is 15.7 Å². The number of aromatic nitrogens is 2. The Morgan fingerprint density at radius 1 is 1.15 bits per heavy atom. The van der Waals surface area contributed by atoms with E-state index in [0.29, 0.717) is 18.7 Å². The first kappa shape index (κ1) is 18.4. The molecule has 2 amide bonds. The van der Waals surface area contributed by atoms with E-state index in [1.54, 1.807) is 28.9 Å². The summed E-state index contributed by atoms with van der Waals surface area (Å²) < 4.78 is 6.84. The van der Waals surface area contributed by atoms with Gasteiger partial charge in [0.05, 0.1) is 18.4 Å². The average molecular weight is 366 g/mol. The first-order chi connectivity index (χ1) is 12.9. The molecule has 27 heavy (non-hydrogen) atoms. The summed E-state index contributed by atoms with van der Waals surface area (Å²) in [5, 5.41) is 10.00. The zero-order valence-corrected chi connectivity index (χ0v) is 15.6. The molecule has 3 rings (SSSR count). The molecule has 0 aliphatic heterocycles. The van der Waals surface area contributed by atoms with Crippen LogP contribution in [0.4, 0.5) is 5.69 Å². The average Bonchev–Trinajstić information content (AvgIpc) is 3.26. The Hall–Kier alpha value is -3.35. The summed E-state index contributed by atoms with van der Waals surface area (Å²) in [5.41, 5.74) is 4.44. The summed E-state index contributed by atoms with van der Waals surface area (Å²) >= 11 is 0. The van der Waals surface area contributed by atoms with Gasteiger partial charge in [-0.15, -0.1) is 0 Å². The highest BCUT2D eigenvalue weighted by Gasteiger charge is 2.13. The lowest BCUT2D eigenvalue weighted by molar-refractivity contribution is -0.120. The number of nitrogens with zero attached hydrogens (tertiary/aromatic N) is 2. The largest absolute Gasteiger partial charge is 0.459 e. The highest BCUT2D eigenvalue weighted by Crippen LogP contribution is 2.14. The fraction of sp³-hybridized carbons (Fsp3) is 0.250. The van der Waals surface area contributed by atoms with Crippen LogP contribution < -0.4 is 10.6 Å². The topological polar surface area (TPSA) is 89.2 Å². The minimum absolute atomic E-state index is 0.0515. The first-order valence-electron chi connectivity index (χ1n) is 8.63. The van der Waals surface area contributed by atoms with Gasteiger partial charge < -0.3 is 15.1 Å². The van der Waals surface area contributed by atoms with E-state index in [1.807, 2.05) is 33.0 Å². The number of hydrogen-bond donors (Lipinski definition) is 2. The van der Waals surface area contributed by atoms with E-state index in [9.17, 15) is 9.59 Å². The standard InChI is InChI=1S/C20H22N4O3/c1-13-17(14(2)24(3)23-13)11-19(25)21-12-15-6-8-16(9-7-15)22-20(26)18-5-4-10-27-18/h4-10H,11-12H2,1-3H3,(H,21,25)(H,22,26). The third-order valence-electron chi connectivity index (χ3n) is 4.44. The Balaban J connectivity index is 1.52. The summed E-state index contributed by atoms with van der Waals surface area (Å²) in [6.07, 6.45) is 1.76. The van der Waals surface area contributed by atoms with Gasteiger partial charge in [-0.25, -0.2) is 0 Å². The summed E-state index contributed by atoms with van der Waals surface area (Å²) in [6.45, 7) is 4.29. The fourth-order valence-corrected chi connectivity index (χ4v) is 2.80. The molecule has 0 aliphatic carbocycles. The number of hydrogen-bond acceptors (Lipinski definition) is 4. The number of amides is 2. The van der Waals surface area contributed by atoms with Crippen molar-refractivity contribution in [2.75, 3.05) is 5.32 Å². The van der Waals surface area contributed by atoms with Crippen LogP contribution in [0.2, 0.25) is 0 Å². The predicted molar refractivity (Wildman–Crippen MR) is 101 cm³/mol. The molecule has 0 unspecified atom stereocenters. The maximum Gasteiger partial charge on any atom is 0.291 e. The SMILES string of the molecule is Cc1nn(C)c(C)c1CC(=O)NCc1ccc(NC(=O)c2ccco2)cc1. The summed E-state index contributed by atoms with van der Waals surface area (Å²) in [7, 11) is 1.87. The molecule has 0 saturated heterocycles. The van der Waals surface area contributed by atoms with Crippen LogP contribution in [0.5, 0.6) is 0 Å². The van der Waals surface area contributed by atoms with Gasteiger partial charge in [0.15, 0.2) is 5.76 Å². The van der Waals surface area contributed by atoms with Crippen LogP contribution in [-0.4, -0.2) is 21.6 Å². The normalized spacial score (nSPS) is 10.6. The van der Waals surface area contributed by atoms with E-state index in [-0.39, 0.29) is 17.6 Å². The quantitative estimate of drug-likeness (QED) is 0.702. The molecular weight excluding hydrogens is 344 g/mol. The van der Waals surface area contributed by atoms with Crippen molar-refractivity contribution < 1.29 is 14.0 Å². The molecule has 1 aromatic carbocycles. The lowest BCUT2D eigenvalue weighted by Gasteiger charge is -2.08. The molecule has 2 aromatic heterocycles. The zero-order chi connectivity index (χ0) is 19.4. The van der Waals surface area contributed by atoms with Crippen molar-refractivity contribution in [3.63, 3.8) is 0 Å². The number of carbonyl (C=O) groups is 2. The van der Waals surface area contributed by atoms with Crippen molar-refractivity contribution in [3.8, 4) is 0 Å². The van der Waals surface area contributed by atoms with Gasteiger partial charge in [-0.05, 0) is 43.7 Å². The minimum Gasteiger partial charge on any atom is -0.459 e. The fourth-order valence-electron chi connectivity index (χ4n) is 2.80. The van der Waals surface area contributed by atoms with Crippen molar-refractivity contribution in [1.82, 2.24) is 15.1 Å². The van der Waals surface area contributed by atoms with Gasteiger partial charge in [-0.2, -0.15) is 5.10 Å². The molecule has 0 saturated carbocycles. The molecular formula is C20H22N4O3. The number of furan rings is 1. The van der Waals surface area contributed by atoms with Gasteiger partial charge in [-0.3, -0.25) is 14.3 Å². The Kier molecular flexibility index (Phi) is 5.40. The number of carbonyl (C=O) groups excluding carboxylic acids is 2. The maximum atomic E-state index is 12.2. The number of nitrogens with one attached hydrogen (secondary N) is 2.